The summed E-state index contributed by atoms with van der Waals surface area (Å²) in [6.07, 6.45) is 0. The van der Waals surface area contributed by atoms with Gasteiger partial charge in [0.15, 0.2) is 0 Å². The lowest BCUT2D eigenvalue weighted by Crippen LogP contribution is -2.47. The topological polar surface area (TPSA) is 82.8 Å². The molecule has 0 bridgehead atoms. The fourth-order valence-electron chi connectivity index (χ4n) is 2.07. The summed E-state index contributed by atoms with van der Waals surface area (Å²) in [6.45, 7) is 3.61. The Morgan fingerprint density at radius 1 is 1.43 bits per heavy atom. The molecule has 6 nitrogen and oxygen atoms in total. The molecule has 1 aromatic carbocycles. The van der Waals surface area contributed by atoms with E-state index < -0.39 is 5.41 Å². The van der Waals surface area contributed by atoms with Crippen LogP contribution in [0.3, 0.4) is 0 Å². The van der Waals surface area contributed by atoms with Crippen LogP contribution in [0.1, 0.15) is 6.92 Å². The molecule has 2 unspecified atom stereocenters. The molecule has 1 aromatic rings. The zero-order chi connectivity index (χ0) is 15.3. The largest absolute Gasteiger partial charge is 0.491 e. The van der Waals surface area contributed by atoms with Gasteiger partial charge in [-0.05, 0) is 31.2 Å². The van der Waals surface area contributed by atoms with Gasteiger partial charge >= 0.3 is 0 Å². The van der Waals surface area contributed by atoms with Crippen molar-refractivity contribution in [2.75, 3.05) is 38.9 Å². The summed E-state index contributed by atoms with van der Waals surface area (Å²) in [5.41, 5.74) is 5.96. The van der Waals surface area contributed by atoms with Gasteiger partial charge in [-0.1, -0.05) is 0 Å². The van der Waals surface area contributed by atoms with Crippen molar-refractivity contribution in [2.45, 2.75) is 13.0 Å². The predicted octanol–water partition coefficient (Wildman–Crippen LogP) is 1.01. The van der Waals surface area contributed by atoms with Crippen LogP contribution >= 0.6 is 0 Å². The summed E-state index contributed by atoms with van der Waals surface area (Å²) in [5, 5.41) is 2.87. The molecule has 116 valence electrons. The molecule has 1 amide bonds. The van der Waals surface area contributed by atoms with E-state index in [9.17, 15) is 4.79 Å². The first-order valence-corrected chi connectivity index (χ1v) is 6.93. The maximum Gasteiger partial charge on any atom is 0.234 e. The average molecular weight is 294 g/mol. The first kappa shape index (κ1) is 15.8. The van der Waals surface area contributed by atoms with Crippen LogP contribution in [0.25, 0.3) is 0 Å². The molecule has 0 aliphatic carbocycles. The number of nitrogens with two attached hydrogens (primary N) is 1. The van der Waals surface area contributed by atoms with E-state index in [1.807, 2.05) is 6.92 Å². The third kappa shape index (κ3) is 3.72. The first-order valence-electron chi connectivity index (χ1n) is 6.93. The lowest BCUT2D eigenvalue weighted by Gasteiger charge is -2.25. The highest BCUT2D eigenvalue weighted by Crippen LogP contribution is 2.29. The summed E-state index contributed by atoms with van der Waals surface area (Å²) in [7, 11) is 1.63. The minimum atomic E-state index is -0.687. The fraction of sp³-hybridized carbons (Fsp3) is 0.533. The number of carbonyl (C=O) groups excluding carboxylic acids is 1. The van der Waals surface area contributed by atoms with Crippen LogP contribution in [-0.4, -0.2) is 45.5 Å². The number of ether oxygens (including phenoxy) is 3. The van der Waals surface area contributed by atoms with E-state index in [-0.39, 0.29) is 11.9 Å². The molecule has 2 atom stereocenters. The molecular weight excluding hydrogens is 272 g/mol. The fourth-order valence-corrected chi connectivity index (χ4v) is 2.07. The number of benzene rings is 1. The van der Waals surface area contributed by atoms with Gasteiger partial charge in [0.25, 0.3) is 0 Å². The monoisotopic (exact) mass is 294 g/mol. The smallest absolute Gasteiger partial charge is 0.234 e. The molecule has 1 heterocycles. The lowest BCUT2D eigenvalue weighted by molar-refractivity contribution is -0.125. The number of nitrogens with one attached hydrogen (secondary N) is 1. The molecule has 21 heavy (non-hydrogen) atoms. The Hall–Kier alpha value is -1.63. The number of carbonyl (C=O) groups is 1. The van der Waals surface area contributed by atoms with Gasteiger partial charge in [-0.2, -0.15) is 0 Å². The van der Waals surface area contributed by atoms with E-state index in [0.29, 0.717) is 32.1 Å². The van der Waals surface area contributed by atoms with Crippen molar-refractivity contribution in [3.05, 3.63) is 24.3 Å². The van der Waals surface area contributed by atoms with E-state index in [2.05, 4.69) is 5.32 Å². The van der Waals surface area contributed by atoms with Gasteiger partial charge in [0, 0.05) is 18.8 Å². The van der Waals surface area contributed by atoms with Gasteiger partial charge in [0.05, 0.1) is 25.2 Å². The van der Waals surface area contributed by atoms with Gasteiger partial charge in [-0.15, -0.1) is 0 Å². The summed E-state index contributed by atoms with van der Waals surface area (Å²) in [5.74, 6) is 0.609. The third-order valence-corrected chi connectivity index (χ3v) is 3.70. The van der Waals surface area contributed by atoms with Crippen molar-refractivity contribution in [2.24, 2.45) is 11.1 Å². The molecule has 1 saturated heterocycles. The zero-order valence-electron chi connectivity index (χ0n) is 12.4. The number of methoxy groups -OCH3 is 1. The Kier molecular flexibility index (Phi) is 5.17. The molecule has 1 fully saturated rings. The second-order valence-corrected chi connectivity index (χ2v) is 5.36. The molecule has 0 spiro atoms. The molecule has 0 aromatic heterocycles. The van der Waals surface area contributed by atoms with Crippen LogP contribution in [0.2, 0.25) is 0 Å². The van der Waals surface area contributed by atoms with Crippen molar-refractivity contribution in [1.29, 1.82) is 0 Å². The van der Waals surface area contributed by atoms with Gasteiger partial charge in [0.2, 0.25) is 5.91 Å². The van der Waals surface area contributed by atoms with Gasteiger partial charge < -0.3 is 25.3 Å². The highest BCUT2D eigenvalue weighted by Gasteiger charge is 2.44. The Bertz CT molecular complexity index is 477. The highest BCUT2D eigenvalue weighted by atomic mass is 16.5. The Balaban J connectivity index is 1.92. The van der Waals surface area contributed by atoms with Gasteiger partial charge in [-0.3, -0.25) is 4.79 Å². The van der Waals surface area contributed by atoms with Crippen molar-refractivity contribution >= 4 is 11.6 Å². The molecule has 2 rings (SSSR count). The van der Waals surface area contributed by atoms with Crippen molar-refractivity contribution < 1.29 is 19.0 Å². The van der Waals surface area contributed by atoms with Crippen LogP contribution in [0.4, 0.5) is 5.69 Å². The number of rotatable bonds is 6. The van der Waals surface area contributed by atoms with Crippen LogP contribution in [0, 0.1) is 5.41 Å². The maximum atomic E-state index is 12.3. The standard InChI is InChI=1S/C15H22N2O4/c1-15(10-20-9-13(15)16)14(18)17-11-3-5-12(6-4-11)21-8-7-19-2/h3-6,13H,7-10,16H2,1-2H3,(H,17,18). The van der Waals surface area contributed by atoms with Gasteiger partial charge in [-0.25, -0.2) is 0 Å². The van der Waals surface area contributed by atoms with Crippen LogP contribution in [0.15, 0.2) is 24.3 Å². The minimum Gasteiger partial charge on any atom is -0.491 e. The Morgan fingerprint density at radius 2 is 2.14 bits per heavy atom. The van der Waals surface area contributed by atoms with Gasteiger partial charge in [0.1, 0.15) is 12.4 Å². The molecule has 1 aliphatic heterocycles. The highest BCUT2D eigenvalue weighted by molar-refractivity contribution is 5.96. The maximum absolute atomic E-state index is 12.3. The first-order chi connectivity index (χ1) is 10.1. The Labute approximate surface area is 124 Å². The van der Waals surface area contributed by atoms with Crippen molar-refractivity contribution in [1.82, 2.24) is 0 Å². The summed E-state index contributed by atoms with van der Waals surface area (Å²) >= 11 is 0. The van der Waals surface area contributed by atoms with Crippen LogP contribution in [-0.2, 0) is 14.3 Å². The quantitative estimate of drug-likeness (QED) is 0.765. The zero-order valence-corrected chi connectivity index (χ0v) is 12.4. The number of amides is 1. The minimum absolute atomic E-state index is 0.124. The van der Waals surface area contributed by atoms with E-state index in [4.69, 9.17) is 19.9 Å². The molecule has 0 radical (unpaired) electrons. The summed E-state index contributed by atoms with van der Waals surface area (Å²) in [6, 6.07) is 6.92. The lowest BCUT2D eigenvalue weighted by atomic mass is 9.85. The summed E-state index contributed by atoms with van der Waals surface area (Å²) in [4.78, 5) is 12.3. The second-order valence-electron chi connectivity index (χ2n) is 5.36. The van der Waals surface area contributed by atoms with Crippen molar-refractivity contribution in [3.63, 3.8) is 0 Å². The number of hydrogen-bond donors (Lipinski definition) is 2. The van der Waals surface area contributed by atoms with Crippen LogP contribution < -0.4 is 15.8 Å². The van der Waals surface area contributed by atoms with Crippen molar-refractivity contribution in [3.8, 4) is 5.75 Å². The molecule has 6 heteroatoms. The third-order valence-electron chi connectivity index (χ3n) is 3.70. The number of anilines is 1. The van der Waals surface area contributed by atoms with E-state index in [0.717, 1.165) is 5.75 Å². The van der Waals surface area contributed by atoms with E-state index >= 15 is 0 Å². The average Bonchev–Trinajstić information content (AvgIpc) is 2.82. The predicted molar refractivity (Wildman–Crippen MR) is 79.3 cm³/mol. The SMILES string of the molecule is COCCOc1ccc(NC(=O)C2(C)COCC2N)cc1. The molecular formula is C15H22N2O4. The van der Waals surface area contributed by atoms with E-state index in [1.54, 1.807) is 31.4 Å². The second kappa shape index (κ2) is 6.89. The normalized spacial score (nSPS) is 24.8. The van der Waals surface area contributed by atoms with E-state index in [1.165, 1.54) is 0 Å². The summed E-state index contributed by atoms with van der Waals surface area (Å²) < 4.78 is 15.7. The Morgan fingerprint density at radius 3 is 2.71 bits per heavy atom. The number of hydrogen-bond acceptors (Lipinski definition) is 5. The molecule has 0 saturated carbocycles. The van der Waals surface area contributed by atoms with Crippen LogP contribution in [0.5, 0.6) is 5.75 Å². The molecule has 1 aliphatic rings. The molecule has 3 N–H and O–H groups in total.